The molecule has 0 spiro atoms. The van der Waals surface area contributed by atoms with Crippen LogP contribution in [-0.4, -0.2) is 22.7 Å². The summed E-state index contributed by atoms with van der Waals surface area (Å²) < 4.78 is 19.9. The molecule has 1 heterocycles. The van der Waals surface area contributed by atoms with Gasteiger partial charge in [-0.1, -0.05) is 34.6 Å². The van der Waals surface area contributed by atoms with Crippen LogP contribution >= 0.6 is 0 Å². The van der Waals surface area contributed by atoms with Gasteiger partial charge in [0.25, 0.3) is 0 Å². The molecule has 2 unspecified atom stereocenters. The maximum atomic E-state index is 14.2. The molecular formula is C24H30FNO3. The number of ether oxygens (including phenoxy) is 1. The summed E-state index contributed by atoms with van der Waals surface area (Å²) in [6.07, 6.45) is 1.92. The summed E-state index contributed by atoms with van der Waals surface area (Å²) >= 11 is 0. The number of pyridine rings is 1. The molecule has 1 saturated carbocycles. The molecule has 1 aromatic carbocycles. The Kier molecular flexibility index (Phi) is 5.97. The molecule has 0 radical (unpaired) electrons. The van der Waals surface area contributed by atoms with E-state index in [1.165, 1.54) is 12.1 Å². The molecule has 0 amide bonds. The van der Waals surface area contributed by atoms with Crippen LogP contribution in [-0.2, 0) is 0 Å². The van der Waals surface area contributed by atoms with Crippen molar-refractivity contribution in [3.63, 3.8) is 0 Å². The van der Waals surface area contributed by atoms with Crippen molar-refractivity contribution in [2.24, 2.45) is 17.3 Å². The Bertz CT molecular complexity index is 907. The van der Waals surface area contributed by atoms with Gasteiger partial charge in [-0.05, 0) is 54.4 Å². The van der Waals surface area contributed by atoms with Crippen molar-refractivity contribution in [1.82, 2.24) is 4.98 Å². The van der Waals surface area contributed by atoms with Gasteiger partial charge in [0.1, 0.15) is 11.6 Å². The molecule has 0 aliphatic heterocycles. The fraction of sp³-hybridized carbons (Fsp3) is 0.500. The van der Waals surface area contributed by atoms with Crippen molar-refractivity contribution in [3.05, 3.63) is 47.4 Å². The molecule has 1 fully saturated rings. The molecule has 0 bridgehead atoms. The van der Waals surface area contributed by atoms with Gasteiger partial charge in [-0.15, -0.1) is 0 Å². The molecule has 4 nitrogen and oxygen atoms in total. The number of carboxylic acids is 1. The normalized spacial score (nSPS) is 20.8. The first-order valence-corrected chi connectivity index (χ1v) is 10.2. The lowest BCUT2D eigenvalue weighted by atomic mass is 9.78. The smallest absolute Gasteiger partial charge is 0.337 e. The number of carbonyl (C=O) groups is 1. The zero-order valence-corrected chi connectivity index (χ0v) is 17.8. The van der Waals surface area contributed by atoms with Gasteiger partial charge in [-0.2, -0.15) is 0 Å². The van der Waals surface area contributed by atoms with E-state index in [0.29, 0.717) is 41.1 Å². The molecule has 5 heteroatoms. The maximum absolute atomic E-state index is 14.2. The number of rotatable bonds is 6. The van der Waals surface area contributed by atoms with E-state index < -0.39 is 11.8 Å². The summed E-state index contributed by atoms with van der Waals surface area (Å²) in [5.74, 6) is -0.0422. The predicted molar refractivity (Wildman–Crippen MR) is 112 cm³/mol. The van der Waals surface area contributed by atoms with Gasteiger partial charge < -0.3 is 9.84 Å². The van der Waals surface area contributed by atoms with Crippen molar-refractivity contribution in [2.75, 3.05) is 6.61 Å². The van der Waals surface area contributed by atoms with Crippen LogP contribution in [0.15, 0.2) is 30.3 Å². The number of aromatic carboxylic acids is 1. The minimum absolute atomic E-state index is 0.0390. The van der Waals surface area contributed by atoms with Crippen LogP contribution in [0.5, 0.6) is 5.75 Å². The van der Waals surface area contributed by atoms with Crippen LogP contribution in [0, 0.1) is 23.1 Å². The average Bonchev–Trinajstić information content (AvgIpc) is 2.91. The average molecular weight is 400 g/mol. The first kappa shape index (κ1) is 21.3. The Hall–Kier alpha value is -2.43. The Morgan fingerprint density at radius 3 is 2.62 bits per heavy atom. The number of hydrogen-bond acceptors (Lipinski definition) is 3. The zero-order valence-electron chi connectivity index (χ0n) is 17.8. The minimum atomic E-state index is -0.977. The maximum Gasteiger partial charge on any atom is 0.337 e. The molecule has 0 saturated heterocycles. The Morgan fingerprint density at radius 1 is 1.31 bits per heavy atom. The fourth-order valence-corrected chi connectivity index (χ4v) is 4.47. The van der Waals surface area contributed by atoms with E-state index >= 15 is 0 Å². The Labute approximate surface area is 172 Å². The second-order valence-electron chi connectivity index (χ2n) is 9.40. The third kappa shape index (κ3) is 4.77. The van der Waals surface area contributed by atoms with Crippen LogP contribution in [0.25, 0.3) is 11.3 Å². The summed E-state index contributed by atoms with van der Waals surface area (Å²) in [4.78, 5) is 16.6. The monoisotopic (exact) mass is 399 g/mol. The van der Waals surface area contributed by atoms with Crippen molar-refractivity contribution in [3.8, 4) is 17.0 Å². The number of nitrogens with zero attached hydrogens (tertiary/aromatic N) is 1. The third-order valence-corrected chi connectivity index (χ3v) is 5.69. The lowest BCUT2D eigenvalue weighted by Crippen LogP contribution is -2.20. The molecule has 156 valence electrons. The summed E-state index contributed by atoms with van der Waals surface area (Å²) in [7, 11) is 0. The van der Waals surface area contributed by atoms with Crippen LogP contribution in [0.1, 0.15) is 69.4 Å². The number of carboxylic acid groups (broad SMARTS) is 1. The predicted octanol–water partition coefficient (Wildman–Crippen LogP) is 6.16. The SMILES string of the molecule is CC(C)COc1cc(F)cc(-c2ccc(C(=O)O)c(C3CC(C)CC3(C)C)n2)c1. The fourth-order valence-electron chi connectivity index (χ4n) is 4.47. The topological polar surface area (TPSA) is 59.4 Å². The van der Waals surface area contributed by atoms with Gasteiger partial charge in [-0.25, -0.2) is 9.18 Å². The van der Waals surface area contributed by atoms with Crippen molar-refractivity contribution in [1.29, 1.82) is 0 Å². The van der Waals surface area contributed by atoms with Gasteiger partial charge in [0.15, 0.2) is 0 Å². The largest absolute Gasteiger partial charge is 0.493 e. The molecule has 2 atom stereocenters. The zero-order chi connectivity index (χ0) is 21.3. The molecule has 1 N–H and O–H groups in total. The van der Waals surface area contributed by atoms with Gasteiger partial charge in [0.2, 0.25) is 0 Å². The number of aromatic nitrogens is 1. The molecular weight excluding hydrogens is 369 g/mol. The summed E-state index contributed by atoms with van der Waals surface area (Å²) in [5, 5.41) is 9.71. The van der Waals surface area contributed by atoms with Crippen molar-refractivity contribution in [2.45, 2.75) is 53.4 Å². The van der Waals surface area contributed by atoms with E-state index in [1.54, 1.807) is 18.2 Å². The van der Waals surface area contributed by atoms with Gasteiger partial charge in [-0.3, -0.25) is 4.98 Å². The molecule has 1 aliphatic rings. The molecule has 1 aliphatic carbocycles. The van der Waals surface area contributed by atoms with E-state index in [2.05, 4.69) is 20.8 Å². The van der Waals surface area contributed by atoms with Gasteiger partial charge in [0.05, 0.1) is 23.6 Å². The number of hydrogen-bond donors (Lipinski definition) is 1. The van der Waals surface area contributed by atoms with E-state index in [4.69, 9.17) is 9.72 Å². The van der Waals surface area contributed by atoms with Gasteiger partial charge >= 0.3 is 5.97 Å². The molecule has 1 aromatic heterocycles. The van der Waals surface area contributed by atoms with E-state index in [-0.39, 0.29) is 16.9 Å². The first-order valence-electron chi connectivity index (χ1n) is 10.2. The van der Waals surface area contributed by atoms with E-state index in [9.17, 15) is 14.3 Å². The Balaban J connectivity index is 2.05. The standard InChI is InChI=1S/C24H30FNO3/c1-14(2)13-29-18-10-16(9-17(25)11-18)21-7-6-19(23(27)28)22(26-21)20-8-15(3)12-24(20,4)5/h6-7,9-11,14-15,20H,8,12-13H2,1-5H3,(H,27,28). The summed E-state index contributed by atoms with van der Waals surface area (Å²) in [5.41, 5.74) is 1.94. The minimum Gasteiger partial charge on any atom is -0.493 e. The second kappa shape index (κ2) is 8.13. The van der Waals surface area contributed by atoms with Gasteiger partial charge in [0, 0.05) is 17.5 Å². The van der Waals surface area contributed by atoms with Crippen molar-refractivity contribution >= 4 is 5.97 Å². The van der Waals surface area contributed by atoms with Crippen LogP contribution < -0.4 is 4.74 Å². The van der Waals surface area contributed by atoms with Crippen molar-refractivity contribution < 1.29 is 19.0 Å². The third-order valence-electron chi connectivity index (χ3n) is 5.69. The highest BCUT2D eigenvalue weighted by molar-refractivity contribution is 5.89. The number of benzene rings is 1. The molecule has 29 heavy (non-hydrogen) atoms. The highest BCUT2D eigenvalue weighted by atomic mass is 19.1. The Morgan fingerprint density at radius 2 is 2.03 bits per heavy atom. The van der Waals surface area contributed by atoms with Crippen LogP contribution in [0.4, 0.5) is 4.39 Å². The lowest BCUT2D eigenvalue weighted by Gasteiger charge is -2.27. The number of halogens is 1. The van der Waals surface area contributed by atoms with E-state index in [0.717, 1.165) is 12.8 Å². The van der Waals surface area contributed by atoms with Crippen LogP contribution in [0.3, 0.4) is 0 Å². The summed E-state index contributed by atoms with van der Waals surface area (Å²) in [6.45, 7) is 11.1. The molecule has 2 aromatic rings. The van der Waals surface area contributed by atoms with Crippen LogP contribution in [0.2, 0.25) is 0 Å². The molecule has 3 rings (SSSR count). The second-order valence-corrected chi connectivity index (χ2v) is 9.40. The highest BCUT2D eigenvalue weighted by Gasteiger charge is 2.42. The van der Waals surface area contributed by atoms with E-state index in [1.807, 2.05) is 13.8 Å². The first-order chi connectivity index (χ1) is 13.6. The quantitative estimate of drug-likeness (QED) is 0.632. The highest BCUT2D eigenvalue weighted by Crippen LogP contribution is 2.51. The lowest BCUT2D eigenvalue weighted by molar-refractivity contribution is 0.0693. The summed E-state index contributed by atoms with van der Waals surface area (Å²) in [6, 6.07) is 7.79.